The highest BCUT2D eigenvalue weighted by atomic mass is 15.5. The second kappa shape index (κ2) is 47.5. The molecule has 0 N–H and O–H groups in total. The van der Waals surface area contributed by atoms with Crippen LogP contribution in [0.2, 0.25) is 0 Å². The molecule has 524 valence electrons. The fourth-order valence-corrected chi connectivity index (χ4v) is 16.2. The number of hydrogen-bond acceptors (Lipinski definition) is 2. The molecule has 0 amide bonds. The van der Waals surface area contributed by atoms with E-state index in [4.69, 9.17) is 0 Å². The summed E-state index contributed by atoms with van der Waals surface area (Å²) in [6, 6.07) is 3.03. The molecule has 11 aliphatic heterocycles. The lowest BCUT2D eigenvalue weighted by Gasteiger charge is -2.50. The number of hydrogen-bond donors (Lipinski definition) is 0. The Morgan fingerprint density at radius 3 is 0.779 bits per heavy atom. The molecule has 9 nitrogen and oxygen atoms in total. The molecule has 0 aromatic rings. The lowest BCUT2D eigenvalue weighted by Crippen LogP contribution is -2.67. The van der Waals surface area contributed by atoms with E-state index in [9.17, 15) is 0 Å². The third-order valence-electron chi connectivity index (χ3n) is 22.7. The predicted molar refractivity (Wildman–Crippen MR) is 395 cm³/mol. The summed E-state index contributed by atoms with van der Waals surface area (Å²) >= 11 is 0. The molecule has 86 heavy (non-hydrogen) atoms. The van der Waals surface area contributed by atoms with Crippen LogP contribution in [0.1, 0.15) is 267 Å². The number of likely N-dealkylation sites (N-methyl/N-ethyl adjacent to an activating group) is 2. The summed E-state index contributed by atoms with van der Waals surface area (Å²) in [5.41, 5.74) is 0. The molecule has 0 aromatic heterocycles. The first-order valence-electron chi connectivity index (χ1n) is 36.7. The number of fused-ring (bicyclic) bond motifs is 9. The van der Waals surface area contributed by atoms with Gasteiger partial charge < -0.3 is 31.4 Å². The van der Waals surface area contributed by atoms with Crippen LogP contribution >= 0.6 is 0 Å². The van der Waals surface area contributed by atoms with Gasteiger partial charge in [-0.1, -0.05) is 137 Å². The van der Waals surface area contributed by atoms with Crippen molar-refractivity contribution in [2.24, 2.45) is 17.8 Å². The Hall–Kier alpha value is -0.360. The average Bonchev–Trinajstić information content (AvgIpc) is 3.66. The monoisotopic (exact) mass is 1230 g/mol. The van der Waals surface area contributed by atoms with Gasteiger partial charge in [0.15, 0.2) is 0 Å². The third kappa shape index (κ3) is 32.5. The normalized spacial score (nSPS) is 33.8. The quantitative estimate of drug-likeness (QED) is 0.260. The fourth-order valence-electron chi connectivity index (χ4n) is 16.2. The van der Waals surface area contributed by atoms with Gasteiger partial charge in [0.05, 0.1) is 186 Å². The van der Waals surface area contributed by atoms with E-state index >= 15 is 0 Å². The largest absolute Gasteiger partial charge is 0.328 e. The predicted octanol–water partition coefficient (Wildman–Crippen LogP) is 17.7. The average molecular weight is 1230 g/mol. The van der Waals surface area contributed by atoms with Crippen molar-refractivity contribution in [3.63, 3.8) is 0 Å². The Balaban J connectivity index is -0.000000442. The highest BCUT2D eigenvalue weighted by molar-refractivity contribution is 4.82. The van der Waals surface area contributed by atoms with E-state index in [2.05, 4.69) is 149 Å². The molecule has 14 rings (SSSR count). The van der Waals surface area contributed by atoms with E-state index in [0.29, 0.717) is 0 Å². The van der Waals surface area contributed by atoms with Gasteiger partial charge in [0.1, 0.15) is 0 Å². The lowest BCUT2D eigenvalue weighted by atomic mass is 9.77. The minimum Gasteiger partial charge on any atom is -0.328 e. The molecular formula is C77H178N9+7. The van der Waals surface area contributed by atoms with Crippen LogP contribution in [0.4, 0.5) is 0 Å². The summed E-state index contributed by atoms with van der Waals surface area (Å²) in [5.74, 6) is 3.22. The van der Waals surface area contributed by atoms with Crippen molar-refractivity contribution in [1.82, 2.24) is 9.80 Å². The first-order valence-corrected chi connectivity index (χ1v) is 36.7. The number of piperazine rings is 6. The molecule has 7 unspecified atom stereocenters. The standard InChI is InChI=1S/C12H24N.2C11H22N.C8H17N2.C7H15N2.C6H14N.C5H12N.4C3H8.5CH4/c1-3-13(2)10-6-8-11-7-4-5-9-12(11)13;2*1-12(2)9-5-7-10-6-3-4-8-11(10)12;1-2-10-6-3-9(4-7-10)5-8-10;1-9-5-2-8(3-6-9)4-7-9;1-3-7(2)5-4-6-7;1-6(2)4-3-5-6;4*1-3-2;;;;;/h11-12H,3-10H2,1-2H3;2*10-11H,3-9H2,1-2H3;2-8H2,1H3;2-7H2,1H3;3-6H2,1-2H3;3-5H2,1-2H3;4*3H2,1-2H3;5*1H4/q7*+1;;;;;;;;;. The van der Waals surface area contributed by atoms with Gasteiger partial charge in [-0.05, 0) is 117 Å². The van der Waals surface area contributed by atoms with E-state index in [1.165, 1.54) is 329 Å². The van der Waals surface area contributed by atoms with Gasteiger partial charge in [-0.3, -0.25) is 9.80 Å². The summed E-state index contributed by atoms with van der Waals surface area (Å²) in [7, 11) is 21.5. The van der Waals surface area contributed by atoms with Gasteiger partial charge >= 0.3 is 0 Å². The second-order valence-electron chi connectivity index (χ2n) is 31.4. The van der Waals surface area contributed by atoms with Crippen molar-refractivity contribution >= 4 is 0 Å². The van der Waals surface area contributed by atoms with E-state index < -0.39 is 0 Å². The SMILES string of the molecule is C.C.C.C.C.CCC.CCC.CCC.CCC.CC[N+]1(C)CCC1.CC[N+]1(C)CCCC2CCCCC21.CC[N+]12CCN(CC1)CC2.C[N+]1(C)CCC1.C[N+]1(C)CCCC2CCCCC21.C[N+]1(C)CCCC2CCCCC21.C[N+]12CCN(CC1)CC2. The van der Waals surface area contributed by atoms with E-state index in [0.717, 1.165) is 35.9 Å². The molecule has 4 bridgehead atoms. The number of likely N-dealkylation sites (tertiary alicyclic amines) is 5. The maximum atomic E-state index is 2.59. The molecule has 9 heteroatoms. The van der Waals surface area contributed by atoms with Crippen LogP contribution in [0.3, 0.4) is 0 Å². The van der Waals surface area contributed by atoms with Crippen LogP contribution in [-0.4, -0.2) is 267 Å². The number of quaternary nitrogens is 7. The molecular weight excluding hydrogens is 1050 g/mol. The zero-order valence-electron chi connectivity index (χ0n) is 60.0. The highest BCUT2D eigenvalue weighted by Crippen LogP contribution is 2.40. The van der Waals surface area contributed by atoms with Crippen LogP contribution in [0.5, 0.6) is 0 Å². The third-order valence-corrected chi connectivity index (χ3v) is 22.7. The fraction of sp³-hybridized carbons (Fsp3) is 1.00. The van der Waals surface area contributed by atoms with Crippen LogP contribution in [0, 0.1) is 17.8 Å². The van der Waals surface area contributed by atoms with Gasteiger partial charge in [0.25, 0.3) is 0 Å². The van der Waals surface area contributed by atoms with Crippen molar-refractivity contribution < 1.29 is 31.4 Å². The van der Waals surface area contributed by atoms with Gasteiger partial charge in [-0.15, -0.1) is 0 Å². The summed E-state index contributed by atoms with van der Waals surface area (Å²) in [4.78, 5) is 5.17. The zero-order valence-corrected chi connectivity index (χ0v) is 60.0. The summed E-state index contributed by atoms with van der Waals surface area (Å²) in [6.45, 7) is 54.4. The first kappa shape index (κ1) is 92.0. The van der Waals surface area contributed by atoms with Crippen LogP contribution in [0.25, 0.3) is 0 Å². The summed E-state index contributed by atoms with van der Waals surface area (Å²) < 4.78 is 9.33. The summed E-state index contributed by atoms with van der Waals surface area (Å²) in [5, 5.41) is 0. The van der Waals surface area contributed by atoms with Crippen LogP contribution < -0.4 is 0 Å². The van der Waals surface area contributed by atoms with Gasteiger partial charge in [0, 0.05) is 69.9 Å². The molecule has 3 saturated carbocycles. The smallest absolute Gasteiger partial charge is 0.0916 e. The zero-order chi connectivity index (χ0) is 60.6. The molecule has 14 aliphatic rings. The first-order chi connectivity index (χ1) is 38.4. The molecule has 0 radical (unpaired) electrons. The van der Waals surface area contributed by atoms with E-state index in [-0.39, 0.29) is 37.1 Å². The van der Waals surface area contributed by atoms with Crippen LogP contribution in [0.15, 0.2) is 0 Å². The Bertz CT molecular complexity index is 1440. The highest BCUT2D eigenvalue weighted by Gasteiger charge is 2.44. The van der Waals surface area contributed by atoms with Crippen molar-refractivity contribution in [2.75, 3.05) is 207 Å². The minimum absolute atomic E-state index is 0. The van der Waals surface area contributed by atoms with Crippen LogP contribution in [-0.2, 0) is 0 Å². The molecule has 7 atom stereocenters. The molecule has 11 saturated heterocycles. The topological polar surface area (TPSA) is 6.48 Å². The second-order valence-corrected chi connectivity index (χ2v) is 31.4. The minimum atomic E-state index is 0. The maximum absolute atomic E-state index is 2.59. The molecule has 3 aliphatic carbocycles. The number of nitrogens with zero attached hydrogens (tertiary/aromatic N) is 9. The molecule has 11 heterocycles. The van der Waals surface area contributed by atoms with E-state index in [1.54, 1.807) is 0 Å². The molecule has 0 spiro atoms. The van der Waals surface area contributed by atoms with Gasteiger partial charge in [0.2, 0.25) is 0 Å². The summed E-state index contributed by atoms with van der Waals surface area (Å²) in [6.07, 6.45) is 34.9. The van der Waals surface area contributed by atoms with E-state index in [1.807, 2.05) is 0 Å². The van der Waals surface area contributed by atoms with Gasteiger partial charge in [-0.25, -0.2) is 0 Å². The maximum Gasteiger partial charge on any atom is 0.0916 e. The molecule has 14 fully saturated rings. The Labute approximate surface area is 549 Å². The Morgan fingerprint density at radius 1 is 0.279 bits per heavy atom. The number of rotatable bonds is 3. The van der Waals surface area contributed by atoms with Crippen molar-refractivity contribution in [2.45, 2.75) is 286 Å². The Morgan fingerprint density at radius 2 is 0.558 bits per heavy atom. The Kier molecular flexibility index (Phi) is 50.8. The van der Waals surface area contributed by atoms with Gasteiger partial charge in [-0.2, -0.15) is 0 Å². The lowest BCUT2D eigenvalue weighted by molar-refractivity contribution is -0.944. The van der Waals surface area contributed by atoms with Crippen molar-refractivity contribution in [1.29, 1.82) is 0 Å². The molecule has 0 aromatic carbocycles. The number of piperidine rings is 3. The van der Waals surface area contributed by atoms with Crippen molar-refractivity contribution in [3.8, 4) is 0 Å². The van der Waals surface area contributed by atoms with Crippen molar-refractivity contribution in [3.05, 3.63) is 0 Å².